The van der Waals surface area contributed by atoms with Gasteiger partial charge in [-0.1, -0.05) is 38.1 Å². The number of anilines is 3. The first-order valence-electron chi connectivity index (χ1n) is 11.1. The minimum Gasteiger partial charge on any atom is -0.362 e. The molecule has 2 aliphatic heterocycles. The number of hydrogen-bond donors (Lipinski definition) is 2. The highest BCUT2D eigenvalue weighted by Gasteiger charge is 2.22. The van der Waals surface area contributed by atoms with Crippen LogP contribution < -0.4 is 20.4 Å². The minimum atomic E-state index is 0.577. The second-order valence-electron chi connectivity index (χ2n) is 8.42. The molecule has 1 saturated heterocycles. The first kappa shape index (κ1) is 20.8. The average molecular weight is 425 g/mol. The summed E-state index contributed by atoms with van der Waals surface area (Å²) in [6.07, 6.45) is 4.55. The monoisotopic (exact) mass is 424 g/mol. The SMILES string of the molecule is CCCNC(=S)Nc1nc(N2CCc3ccccc3C2)cc(N2CCC[C@@H](C)C2)n1. The van der Waals surface area contributed by atoms with Crippen molar-refractivity contribution < 1.29 is 0 Å². The summed E-state index contributed by atoms with van der Waals surface area (Å²) in [4.78, 5) is 14.4. The number of piperidine rings is 1. The molecule has 0 spiro atoms. The molecule has 3 heterocycles. The summed E-state index contributed by atoms with van der Waals surface area (Å²) in [5.41, 5.74) is 2.82. The van der Waals surface area contributed by atoms with Crippen LogP contribution >= 0.6 is 12.2 Å². The van der Waals surface area contributed by atoms with E-state index in [4.69, 9.17) is 22.2 Å². The molecule has 0 amide bonds. The summed E-state index contributed by atoms with van der Waals surface area (Å²) in [5.74, 6) is 3.22. The third-order valence-electron chi connectivity index (χ3n) is 5.90. The Balaban J connectivity index is 1.61. The van der Waals surface area contributed by atoms with Crippen molar-refractivity contribution in [3.8, 4) is 0 Å². The Morgan fingerprint density at radius 2 is 1.90 bits per heavy atom. The van der Waals surface area contributed by atoms with Gasteiger partial charge in [0.1, 0.15) is 11.6 Å². The van der Waals surface area contributed by atoms with Gasteiger partial charge in [0.25, 0.3) is 0 Å². The molecule has 30 heavy (non-hydrogen) atoms. The maximum atomic E-state index is 5.44. The largest absolute Gasteiger partial charge is 0.362 e. The van der Waals surface area contributed by atoms with Crippen LogP contribution in [0.5, 0.6) is 0 Å². The van der Waals surface area contributed by atoms with E-state index in [1.54, 1.807) is 0 Å². The Labute approximate surface area is 185 Å². The zero-order valence-corrected chi connectivity index (χ0v) is 18.8. The van der Waals surface area contributed by atoms with Gasteiger partial charge in [-0.15, -0.1) is 0 Å². The van der Waals surface area contributed by atoms with Gasteiger partial charge in [0.15, 0.2) is 5.11 Å². The molecular formula is C23H32N6S. The molecule has 2 aliphatic rings. The van der Waals surface area contributed by atoms with Crippen molar-refractivity contribution in [3.05, 3.63) is 41.5 Å². The van der Waals surface area contributed by atoms with Crippen LogP contribution in [0.15, 0.2) is 30.3 Å². The maximum absolute atomic E-state index is 5.44. The van der Waals surface area contributed by atoms with Gasteiger partial charge >= 0.3 is 0 Å². The lowest BCUT2D eigenvalue weighted by molar-refractivity contribution is 0.444. The van der Waals surface area contributed by atoms with E-state index in [9.17, 15) is 0 Å². The molecule has 2 N–H and O–H groups in total. The highest BCUT2D eigenvalue weighted by atomic mass is 32.1. The second-order valence-corrected chi connectivity index (χ2v) is 8.83. The predicted molar refractivity (Wildman–Crippen MR) is 128 cm³/mol. The van der Waals surface area contributed by atoms with E-state index in [0.29, 0.717) is 17.0 Å². The zero-order chi connectivity index (χ0) is 20.9. The molecule has 4 rings (SSSR count). The normalized spacial score (nSPS) is 18.7. The maximum Gasteiger partial charge on any atom is 0.232 e. The second kappa shape index (κ2) is 9.60. The number of aromatic nitrogens is 2. The van der Waals surface area contributed by atoms with Gasteiger partial charge in [-0.05, 0) is 54.9 Å². The van der Waals surface area contributed by atoms with Crippen LogP contribution in [-0.2, 0) is 13.0 Å². The summed E-state index contributed by atoms with van der Waals surface area (Å²) in [6.45, 7) is 9.20. The van der Waals surface area contributed by atoms with Gasteiger partial charge in [-0.2, -0.15) is 9.97 Å². The number of nitrogens with zero attached hydrogens (tertiary/aromatic N) is 4. The van der Waals surface area contributed by atoms with E-state index in [0.717, 1.165) is 57.2 Å². The van der Waals surface area contributed by atoms with Crippen LogP contribution in [-0.4, -0.2) is 41.3 Å². The van der Waals surface area contributed by atoms with Crippen molar-refractivity contribution in [2.75, 3.05) is 41.3 Å². The van der Waals surface area contributed by atoms with Crippen molar-refractivity contribution in [3.63, 3.8) is 0 Å². The molecule has 7 heteroatoms. The van der Waals surface area contributed by atoms with Gasteiger partial charge in [0.2, 0.25) is 5.95 Å². The van der Waals surface area contributed by atoms with Crippen molar-refractivity contribution >= 4 is 34.9 Å². The summed E-state index contributed by atoms with van der Waals surface area (Å²) in [7, 11) is 0. The van der Waals surface area contributed by atoms with Gasteiger partial charge < -0.3 is 20.4 Å². The van der Waals surface area contributed by atoms with E-state index in [2.05, 4.69) is 64.6 Å². The van der Waals surface area contributed by atoms with Crippen molar-refractivity contribution in [2.24, 2.45) is 5.92 Å². The van der Waals surface area contributed by atoms with Crippen LogP contribution in [0.25, 0.3) is 0 Å². The number of fused-ring (bicyclic) bond motifs is 1. The molecule has 0 saturated carbocycles. The van der Waals surface area contributed by atoms with E-state index >= 15 is 0 Å². The molecule has 0 aliphatic carbocycles. The summed E-state index contributed by atoms with van der Waals surface area (Å²) in [6, 6.07) is 10.9. The van der Waals surface area contributed by atoms with E-state index in [1.807, 2.05) is 0 Å². The number of nitrogens with one attached hydrogen (secondary N) is 2. The van der Waals surface area contributed by atoms with Crippen LogP contribution in [0.4, 0.5) is 17.6 Å². The summed E-state index contributed by atoms with van der Waals surface area (Å²) >= 11 is 5.44. The highest BCUT2D eigenvalue weighted by Crippen LogP contribution is 2.29. The quantitative estimate of drug-likeness (QED) is 0.704. The van der Waals surface area contributed by atoms with Crippen LogP contribution in [0.3, 0.4) is 0 Å². The van der Waals surface area contributed by atoms with Crippen LogP contribution in [0, 0.1) is 5.92 Å². The molecule has 1 atom stereocenters. The fourth-order valence-electron chi connectivity index (χ4n) is 4.27. The fraction of sp³-hybridized carbons (Fsp3) is 0.522. The van der Waals surface area contributed by atoms with Crippen LogP contribution in [0.2, 0.25) is 0 Å². The summed E-state index contributed by atoms with van der Waals surface area (Å²) < 4.78 is 0. The van der Waals surface area contributed by atoms with Crippen LogP contribution in [0.1, 0.15) is 44.2 Å². The molecule has 1 fully saturated rings. The predicted octanol–water partition coefficient (Wildman–Crippen LogP) is 3.97. The third-order valence-corrected chi connectivity index (χ3v) is 6.14. The van der Waals surface area contributed by atoms with Gasteiger partial charge in [-0.3, -0.25) is 0 Å². The van der Waals surface area contributed by atoms with Gasteiger partial charge in [0.05, 0.1) is 0 Å². The van der Waals surface area contributed by atoms with E-state index in [1.165, 1.54) is 24.0 Å². The Morgan fingerprint density at radius 1 is 1.13 bits per heavy atom. The highest BCUT2D eigenvalue weighted by molar-refractivity contribution is 7.80. The molecule has 0 radical (unpaired) electrons. The Hall–Kier alpha value is -2.41. The Bertz CT molecular complexity index is 886. The van der Waals surface area contributed by atoms with Crippen molar-refractivity contribution in [1.82, 2.24) is 15.3 Å². The Morgan fingerprint density at radius 3 is 2.67 bits per heavy atom. The van der Waals surface area contributed by atoms with E-state index in [-0.39, 0.29) is 0 Å². The zero-order valence-electron chi connectivity index (χ0n) is 18.0. The summed E-state index contributed by atoms with van der Waals surface area (Å²) in [5, 5.41) is 7.00. The Kier molecular flexibility index (Phi) is 6.67. The molecule has 160 valence electrons. The molecule has 1 aromatic heterocycles. The molecule has 1 aromatic carbocycles. The first-order chi connectivity index (χ1) is 14.6. The number of hydrogen-bond acceptors (Lipinski definition) is 5. The molecule has 0 bridgehead atoms. The third kappa shape index (κ3) is 5.01. The lowest BCUT2D eigenvalue weighted by atomic mass is 10.00. The minimum absolute atomic E-state index is 0.577. The van der Waals surface area contributed by atoms with Crippen molar-refractivity contribution in [1.29, 1.82) is 0 Å². The first-order valence-corrected chi connectivity index (χ1v) is 11.5. The van der Waals surface area contributed by atoms with Crippen molar-refractivity contribution in [2.45, 2.75) is 46.1 Å². The topological polar surface area (TPSA) is 56.3 Å². The molecule has 6 nitrogen and oxygen atoms in total. The fourth-order valence-corrected chi connectivity index (χ4v) is 4.47. The van der Waals surface area contributed by atoms with Gasteiger partial charge in [0, 0.05) is 38.8 Å². The smallest absolute Gasteiger partial charge is 0.232 e. The number of rotatable bonds is 5. The molecule has 0 unspecified atom stereocenters. The average Bonchev–Trinajstić information content (AvgIpc) is 2.77. The lowest BCUT2D eigenvalue weighted by Crippen LogP contribution is -2.36. The molecule has 2 aromatic rings. The standard InChI is InChI=1S/C23H32N6S/c1-3-11-24-23(30)27-22-25-20(28-12-6-7-17(2)15-28)14-21(26-22)29-13-10-18-8-4-5-9-19(18)16-29/h4-5,8-9,14,17H,3,6-7,10-13,15-16H2,1-2H3,(H2,24,25,26,27,30)/t17-/m1/s1. The molecular weight excluding hydrogens is 392 g/mol. The number of thiocarbonyl (C=S) groups is 1. The van der Waals surface area contributed by atoms with Gasteiger partial charge in [-0.25, -0.2) is 0 Å². The lowest BCUT2D eigenvalue weighted by Gasteiger charge is -2.34. The number of benzene rings is 1. The van der Waals surface area contributed by atoms with E-state index < -0.39 is 0 Å².